The number of carbonyl (C=O) groups is 2. The summed E-state index contributed by atoms with van der Waals surface area (Å²) in [6.45, 7) is 2.37. The van der Waals surface area contributed by atoms with Crippen molar-refractivity contribution in [3.05, 3.63) is 12.7 Å². The largest absolute Gasteiger partial charge is 0.480 e. The lowest BCUT2D eigenvalue weighted by Gasteiger charge is -2.47. The average Bonchev–Trinajstić information content (AvgIpc) is 2.75. The van der Waals surface area contributed by atoms with Gasteiger partial charge in [-0.05, 0) is 6.92 Å². The number of nitrogens with zero attached hydrogens (tertiary/aromatic N) is 4. The zero-order valence-electron chi connectivity index (χ0n) is 9.94. The molecule has 18 heavy (non-hydrogen) atoms. The number of amides is 1. The minimum absolute atomic E-state index is 0.0862. The Morgan fingerprint density at radius 3 is 2.78 bits per heavy atom. The molecule has 0 radical (unpaired) electrons. The number of aliphatic carboxylic acids is 1. The number of aromatic nitrogens is 3. The standard InChI is InChI=1S/C10H14N4O4/c1-10(18-3-9(16)17)4-13(5-10)8(15)2-14-7-11-6-12-14/h6-7H,2-5H2,1H3,(H,16,17). The van der Waals surface area contributed by atoms with E-state index in [0.717, 1.165) is 0 Å². The van der Waals surface area contributed by atoms with Crippen molar-refractivity contribution in [3.63, 3.8) is 0 Å². The van der Waals surface area contributed by atoms with Crippen LogP contribution in [0.4, 0.5) is 0 Å². The van der Waals surface area contributed by atoms with Crippen LogP contribution in [-0.2, 0) is 20.9 Å². The zero-order chi connectivity index (χ0) is 13.2. The van der Waals surface area contributed by atoms with Gasteiger partial charge in [0.15, 0.2) is 0 Å². The number of hydrogen-bond acceptors (Lipinski definition) is 5. The van der Waals surface area contributed by atoms with Crippen LogP contribution >= 0.6 is 0 Å². The number of carboxylic acids is 1. The van der Waals surface area contributed by atoms with E-state index in [1.165, 1.54) is 17.3 Å². The Morgan fingerprint density at radius 1 is 1.50 bits per heavy atom. The Bertz CT molecular complexity index is 439. The van der Waals surface area contributed by atoms with Gasteiger partial charge in [-0.2, -0.15) is 5.10 Å². The molecule has 1 aromatic heterocycles. The maximum Gasteiger partial charge on any atom is 0.329 e. The number of hydrogen-bond donors (Lipinski definition) is 1. The van der Waals surface area contributed by atoms with Crippen LogP contribution in [0, 0.1) is 0 Å². The summed E-state index contributed by atoms with van der Waals surface area (Å²) in [6.07, 6.45) is 2.83. The van der Waals surface area contributed by atoms with Crippen LogP contribution in [0.15, 0.2) is 12.7 Å². The van der Waals surface area contributed by atoms with Crippen LogP contribution in [0.25, 0.3) is 0 Å². The van der Waals surface area contributed by atoms with Crippen LogP contribution in [0.3, 0.4) is 0 Å². The van der Waals surface area contributed by atoms with Gasteiger partial charge in [-0.25, -0.2) is 14.5 Å². The summed E-state index contributed by atoms with van der Waals surface area (Å²) in [5.41, 5.74) is -0.559. The van der Waals surface area contributed by atoms with E-state index in [9.17, 15) is 9.59 Å². The molecule has 0 bridgehead atoms. The predicted octanol–water partition coefficient (Wildman–Crippen LogP) is -1.02. The first-order valence-electron chi connectivity index (χ1n) is 5.44. The van der Waals surface area contributed by atoms with E-state index in [0.29, 0.717) is 13.1 Å². The first-order chi connectivity index (χ1) is 8.48. The van der Waals surface area contributed by atoms with Crippen LogP contribution in [-0.4, -0.2) is 61.9 Å². The van der Waals surface area contributed by atoms with Gasteiger partial charge in [0.05, 0.1) is 13.1 Å². The Balaban J connectivity index is 1.77. The summed E-state index contributed by atoms with van der Waals surface area (Å²) in [5.74, 6) is -1.10. The monoisotopic (exact) mass is 254 g/mol. The van der Waals surface area contributed by atoms with E-state index in [2.05, 4.69) is 10.1 Å². The molecule has 8 nitrogen and oxygen atoms in total. The van der Waals surface area contributed by atoms with Gasteiger partial charge in [0.2, 0.25) is 5.91 Å². The molecule has 2 rings (SSSR count). The maximum atomic E-state index is 11.8. The van der Waals surface area contributed by atoms with Gasteiger partial charge in [0.1, 0.15) is 31.4 Å². The normalized spacial score (nSPS) is 17.3. The van der Waals surface area contributed by atoms with Crippen LogP contribution in [0.2, 0.25) is 0 Å². The molecule has 1 amide bonds. The topological polar surface area (TPSA) is 97.6 Å². The Kier molecular flexibility index (Phi) is 3.28. The molecule has 0 spiro atoms. The summed E-state index contributed by atoms with van der Waals surface area (Å²) in [4.78, 5) is 27.5. The third-order valence-corrected chi connectivity index (χ3v) is 2.71. The molecule has 2 heterocycles. The second-order valence-corrected chi connectivity index (χ2v) is 4.48. The molecule has 8 heteroatoms. The van der Waals surface area contributed by atoms with Crippen molar-refractivity contribution in [2.45, 2.75) is 19.1 Å². The molecule has 1 N–H and O–H groups in total. The van der Waals surface area contributed by atoms with Crippen LogP contribution < -0.4 is 0 Å². The van der Waals surface area contributed by atoms with Crippen LogP contribution in [0.1, 0.15) is 6.92 Å². The van der Waals surface area contributed by atoms with E-state index in [1.807, 2.05) is 0 Å². The lowest BCUT2D eigenvalue weighted by atomic mass is 9.96. The third kappa shape index (κ3) is 2.83. The van der Waals surface area contributed by atoms with Gasteiger partial charge in [-0.15, -0.1) is 0 Å². The average molecular weight is 254 g/mol. The van der Waals surface area contributed by atoms with Crippen molar-refractivity contribution in [1.82, 2.24) is 19.7 Å². The summed E-state index contributed by atoms with van der Waals surface area (Å²) >= 11 is 0. The van der Waals surface area contributed by atoms with Crippen LogP contribution in [0.5, 0.6) is 0 Å². The van der Waals surface area contributed by atoms with Gasteiger partial charge in [0.25, 0.3) is 0 Å². The highest BCUT2D eigenvalue weighted by Crippen LogP contribution is 2.24. The van der Waals surface area contributed by atoms with E-state index < -0.39 is 11.6 Å². The third-order valence-electron chi connectivity index (χ3n) is 2.71. The molecular formula is C10H14N4O4. The molecule has 0 aromatic carbocycles. The van der Waals surface area contributed by atoms with Crippen molar-refractivity contribution < 1.29 is 19.4 Å². The molecule has 98 valence electrons. The van der Waals surface area contributed by atoms with E-state index in [-0.39, 0.29) is 19.1 Å². The van der Waals surface area contributed by atoms with Gasteiger partial charge >= 0.3 is 5.97 Å². The quantitative estimate of drug-likeness (QED) is 0.722. The zero-order valence-corrected chi connectivity index (χ0v) is 9.94. The summed E-state index contributed by atoms with van der Waals surface area (Å²) < 4.78 is 6.65. The van der Waals surface area contributed by atoms with E-state index >= 15 is 0 Å². The van der Waals surface area contributed by atoms with Gasteiger partial charge in [-0.1, -0.05) is 0 Å². The van der Waals surface area contributed by atoms with Crippen molar-refractivity contribution in [1.29, 1.82) is 0 Å². The molecule has 1 aliphatic heterocycles. The second kappa shape index (κ2) is 4.73. The highest BCUT2D eigenvalue weighted by atomic mass is 16.5. The molecule has 0 atom stereocenters. The van der Waals surface area contributed by atoms with E-state index in [1.54, 1.807) is 11.8 Å². The lowest BCUT2D eigenvalue weighted by molar-refractivity contribution is -0.173. The minimum Gasteiger partial charge on any atom is -0.480 e. The van der Waals surface area contributed by atoms with Crippen molar-refractivity contribution >= 4 is 11.9 Å². The molecule has 0 saturated carbocycles. The van der Waals surface area contributed by atoms with E-state index in [4.69, 9.17) is 9.84 Å². The maximum absolute atomic E-state index is 11.8. The lowest BCUT2D eigenvalue weighted by Crippen LogP contribution is -2.63. The molecule has 0 aliphatic carbocycles. The highest BCUT2D eigenvalue weighted by molar-refractivity contribution is 5.77. The summed E-state index contributed by atoms with van der Waals surface area (Å²) in [7, 11) is 0. The van der Waals surface area contributed by atoms with Gasteiger partial charge in [0, 0.05) is 0 Å². The minimum atomic E-state index is -1.01. The molecule has 0 unspecified atom stereocenters. The Morgan fingerprint density at radius 2 is 2.22 bits per heavy atom. The number of rotatable bonds is 5. The fourth-order valence-electron chi connectivity index (χ4n) is 1.82. The summed E-state index contributed by atoms with van der Waals surface area (Å²) in [6, 6.07) is 0. The Hall–Kier alpha value is -1.96. The Labute approximate surface area is 103 Å². The first-order valence-corrected chi connectivity index (χ1v) is 5.44. The fourth-order valence-corrected chi connectivity index (χ4v) is 1.82. The smallest absolute Gasteiger partial charge is 0.329 e. The fraction of sp³-hybridized carbons (Fsp3) is 0.600. The molecule has 1 saturated heterocycles. The molecule has 1 fully saturated rings. The predicted molar refractivity (Wildman–Crippen MR) is 58.6 cm³/mol. The van der Waals surface area contributed by atoms with Crippen molar-refractivity contribution in [2.24, 2.45) is 0 Å². The highest BCUT2D eigenvalue weighted by Gasteiger charge is 2.42. The molecular weight excluding hydrogens is 240 g/mol. The SMILES string of the molecule is CC1(OCC(=O)O)CN(C(=O)Cn2cncn2)C1. The summed E-state index contributed by atoms with van der Waals surface area (Å²) in [5, 5.41) is 12.4. The van der Waals surface area contributed by atoms with Crippen molar-refractivity contribution in [2.75, 3.05) is 19.7 Å². The number of ether oxygens (including phenoxy) is 1. The second-order valence-electron chi connectivity index (χ2n) is 4.48. The van der Waals surface area contributed by atoms with Gasteiger partial charge < -0.3 is 14.7 Å². The first kappa shape index (κ1) is 12.5. The van der Waals surface area contributed by atoms with Gasteiger partial charge in [-0.3, -0.25) is 4.79 Å². The number of carboxylic acid groups (broad SMARTS) is 1. The molecule has 1 aliphatic rings. The number of likely N-dealkylation sites (tertiary alicyclic amines) is 1. The number of carbonyl (C=O) groups excluding carboxylic acids is 1. The van der Waals surface area contributed by atoms with Crippen molar-refractivity contribution in [3.8, 4) is 0 Å². The molecule has 1 aromatic rings.